The Labute approximate surface area is 270 Å². The molecule has 4 aromatic heterocycles. The fourth-order valence-electron chi connectivity index (χ4n) is 7.49. The lowest BCUT2D eigenvalue weighted by Crippen LogP contribution is -1.93. The lowest BCUT2D eigenvalue weighted by Gasteiger charge is -2.08. The average Bonchev–Trinajstić information content (AvgIpc) is 3.85. The van der Waals surface area contributed by atoms with Gasteiger partial charge in [-0.2, -0.15) is 0 Å². The number of thiophene rings is 2. The van der Waals surface area contributed by atoms with Crippen molar-refractivity contribution in [1.29, 1.82) is 0 Å². The number of hydrogen-bond acceptors (Lipinski definition) is 3. The van der Waals surface area contributed by atoms with Crippen LogP contribution in [-0.4, -0.2) is 4.57 Å². The molecule has 4 heterocycles. The summed E-state index contributed by atoms with van der Waals surface area (Å²) in [4.78, 5) is 0. The Hall–Kier alpha value is -5.42. The van der Waals surface area contributed by atoms with Gasteiger partial charge in [0.2, 0.25) is 0 Å². The topological polar surface area (TPSA) is 18.1 Å². The Balaban J connectivity index is 1.11. The summed E-state index contributed by atoms with van der Waals surface area (Å²) in [5, 5.41) is 10.1. The fourth-order valence-corrected chi connectivity index (χ4v) is 9.87. The van der Waals surface area contributed by atoms with Gasteiger partial charge in [-0.1, -0.05) is 84.9 Å². The molecule has 0 N–H and O–H groups in total. The van der Waals surface area contributed by atoms with Crippen LogP contribution in [0, 0.1) is 0 Å². The zero-order chi connectivity index (χ0) is 29.9. The number of para-hydroxylation sites is 1. The molecule has 0 spiro atoms. The van der Waals surface area contributed by atoms with E-state index in [4.69, 9.17) is 4.42 Å². The second kappa shape index (κ2) is 9.07. The third kappa shape index (κ3) is 3.35. The Kier molecular flexibility index (Phi) is 4.90. The van der Waals surface area contributed by atoms with Crippen molar-refractivity contribution in [2.75, 3.05) is 0 Å². The first-order chi connectivity index (χ1) is 22.8. The molecular formula is C42H23NOS2. The monoisotopic (exact) mass is 621 g/mol. The van der Waals surface area contributed by atoms with Crippen LogP contribution in [0.5, 0.6) is 0 Å². The van der Waals surface area contributed by atoms with Crippen molar-refractivity contribution >= 4 is 107 Å². The van der Waals surface area contributed by atoms with Crippen LogP contribution in [0.2, 0.25) is 0 Å². The highest BCUT2D eigenvalue weighted by atomic mass is 32.1. The fraction of sp³-hybridized carbons (Fsp3) is 0. The predicted octanol–water partition coefficient (Wildman–Crippen LogP) is 13.1. The maximum Gasteiger partial charge on any atom is 0.137 e. The van der Waals surface area contributed by atoms with Crippen molar-refractivity contribution in [3.8, 4) is 16.8 Å². The lowest BCUT2D eigenvalue weighted by molar-refractivity contribution is 0.669. The number of nitrogens with zero attached hydrogens (tertiary/aromatic N) is 1. The summed E-state index contributed by atoms with van der Waals surface area (Å²) in [5.41, 5.74) is 7.76. The van der Waals surface area contributed by atoms with E-state index in [0.717, 1.165) is 27.6 Å². The number of fused-ring (bicyclic) bond motifs is 13. The third-order valence-electron chi connectivity index (χ3n) is 9.61. The highest BCUT2D eigenvalue weighted by Crippen LogP contribution is 2.44. The van der Waals surface area contributed by atoms with E-state index in [1.165, 1.54) is 73.3 Å². The van der Waals surface area contributed by atoms with Crippen LogP contribution in [0.15, 0.2) is 144 Å². The summed E-state index contributed by atoms with van der Waals surface area (Å²) >= 11 is 3.74. The lowest BCUT2D eigenvalue weighted by atomic mass is 10.0. The largest absolute Gasteiger partial charge is 0.456 e. The first-order valence-electron chi connectivity index (χ1n) is 15.5. The van der Waals surface area contributed by atoms with Gasteiger partial charge in [0.15, 0.2) is 0 Å². The standard InChI is InChI=1S/C42H23NOS2/c1-4-10-35-27(7-1)33-19-20-34-31-9-3-6-12-39(31)46-42(34)41(33)43(35)26-15-18-29-28-16-13-24(21-36(28)44-37(29)23-26)25-14-17-32-30-8-2-5-11-38(30)45-40(32)22-25/h1-23H. The van der Waals surface area contributed by atoms with Crippen molar-refractivity contribution in [3.05, 3.63) is 140 Å². The van der Waals surface area contributed by atoms with Crippen LogP contribution in [-0.2, 0) is 0 Å². The summed E-state index contributed by atoms with van der Waals surface area (Å²) < 4.78 is 14.3. The van der Waals surface area contributed by atoms with Crippen molar-refractivity contribution < 1.29 is 4.42 Å². The maximum atomic E-state index is 6.64. The molecular weight excluding hydrogens is 599 g/mol. The van der Waals surface area contributed by atoms with Gasteiger partial charge in [-0.25, -0.2) is 0 Å². The molecule has 0 radical (unpaired) electrons. The maximum absolute atomic E-state index is 6.64. The van der Waals surface area contributed by atoms with E-state index >= 15 is 0 Å². The number of furan rings is 1. The third-order valence-corrected chi connectivity index (χ3v) is 11.9. The predicted molar refractivity (Wildman–Crippen MR) is 199 cm³/mol. The van der Waals surface area contributed by atoms with E-state index in [9.17, 15) is 0 Å². The Morgan fingerprint density at radius 2 is 1.00 bits per heavy atom. The Morgan fingerprint density at radius 1 is 0.413 bits per heavy atom. The van der Waals surface area contributed by atoms with Gasteiger partial charge in [-0.05, 0) is 59.7 Å². The SMILES string of the molecule is c1ccc2c(c1)sc1cc(-c3ccc4c(c3)oc3cc(-n5c6ccccc6c6ccc7c8ccccc8sc7c65)ccc34)ccc12. The molecule has 0 fully saturated rings. The van der Waals surface area contributed by atoms with Crippen LogP contribution in [0.1, 0.15) is 0 Å². The number of rotatable bonds is 2. The summed E-state index contributed by atoms with van der Waals surface area (Å²) in [5.74, 6) is 0. The summed E-state index contributed by atoms with van der Waals surface area (Å²) in [6.07, 6.45) is 0. The highest BCUT2D eigenvalue weighted by molar-refractivity contribution is 7.26. The zero-order valence-electron chi connectivity index (χ0n) is 24.5. The van der Waals surface area contributed by atoms with E-state index in [0.29, 0.717) is 0 Å². The number of hydrogen-bond donors (Lipinski definition) is 0. The zero-order valence-corrected chi connectivity index (χ0v) is 26.1. The number of benzene rings is 7. The molecule has 7 aromatic carbocycles. The van der Waals surface area contributed by atoms with E-state index in [1.807, 2.05) is 22.7 Å². The van der Waals surface area contributed by atoms with Crippen molar-refractivity contribution in [3.63, 3.8) is 0 Å². The molecule has 2 nitrogen and oxygen atoms in total. The van der Waals surface area contributed by atoms with E-state index in [1.54, 1.807) is 0 Å². The van der Waals surface area contributed by atoms with Gasteiger partial charge >= 0.3 is 0 Å². The molecule has 0 aliphatic rings. The van der Waals surface area contributed by atoms with Crippen molar-refractivity contribution in [1.82, 2.24) is 4.57 Å². The van der Waals surface area contributed by atoms with Crippen LogP contribution in [0.25, 0.3) is 101 Å². The summed E-state index contributed by atoms with van der Waals surface area (Å²) in [7, 11) is 0. The van der Waals surface area contributed by atoms with Gasteiger partial charge in [-0.3, -0.25) is 0 Å². The van der Waals surface area contributed by atoms with Gasteiger partial charge in [0, 0.05) is 68.9 Å². The van der Waals surface area contributed by atoms with Crippen LogP contribution >= 0.6 is 22.7 Å². The Morgan fingerprint density at radius 3 is 1.85 bits per heavy atom. The second-order valence-corrected chi connectivity index (χ2v) is 14.2. The average molecular weight is 622 g/mol. The van der Waals surface area contributed by atoms with Crippen molar-refractivity contribution in [2.24, 2.45) is 0 Å². The van der Waals surface area contributed by atoms with Gasteiger partial charge in [-0.15, -0.1) is 22.7 Å². The molecule has 0 bridgehead atoms. The van der Waals surface area contributed by atoms with Crippen LogP contribution in [0.4, 0.5) is 0 Å². The minimum Gasteiger partial charge on any atom is -0.456 e. The van der Waals surface area contributed by atoms with Crippen LogP contribution in [0.3, 0.4) is 0 Å². The Bertz CT molecular complexity index is 3040. The van der Waals surface area contributed by atoms with Gasteiger partial charge in [0.05, 0.1) is 15.7 Å². The first-order valence-corrected chi connectivity index (χ1v) is 17.1. The summed E-state index contributed by atoms with van der Waals surface area (Å²) in [6.45, 7) is 0. The van der Waals surface area contributed by atoms with Crippen LogP contribution < -0.4 is 0 Å². The minimum atomic E-state index is 0.902. The molecule has 0 atom stereocenters. The molecule has 4 heteroatoms. The van der Waals surface area contributed by atoms with E-state index in [2.05, 4.69) is 144 Å². The molecule has 0 unspecified atom stereocenters. The molecule has 0 saturated heterocycles. The van der Waals surface area contributed by atoms with E-state index in [-0.39, 0.29) is 0 Å². The summed E-state index contributed by atoms with van der Waals surface area (Å²) in [6, 6.07) is 50.9. The van der Waals surface area contributed by atoms with Gasteiger partial charge in [0.25, 0.3) is 0 Å². The smallest absolute Gasteiger partial charge is 0.137 e. The molecule has 11 rings (SSSR count). The normalized spacial score (nSPS) is 12.3. The molecule has 46 heavy (non-hydrogen) atoms. The molecule has 0 aliphatic carbocycles. The molecule has 0 amide bonds. The van der Waals surface area contributed by atoms with Gasteiger partial charge < -0.3 is 8.98 Å². The quantitative estimate of drug-likeness (QED) is 0.188. The molecule has 0 saturated carbocycles. The van der Waals surface area contributed by atoms with Gasteiger partial charge in [0.1, 0.15) is 11.2 Å². The highest BCUT2D eigenvalue weighted by Gasteiger charge is 2.19. The number of aromatic nitrogens is 1. The van der Waals surface area contributed by atoms with E-state index < -0.39 is 0 Å². The molecule has 0 aliphatic heterocycles. The first kappa shape index (κ1) is 24.8. The minimum absolute atomic E-state index is 0.902. The second-order valence-electron chi connectivity index (χ2n) is 12.1. The molecule has 11 aromatic rings. The molecule has 214 valence electrons. The van der Waals surface area contributed by atoms with Crippen molar-refractivity contribution in [2.45, 2.75) is 0 Å².